The highest BCUT2D eigenvalue weighted by molar-refractivity contribution is 7.89. The number of rotatable bonds is 10. The molecule has 30 heavy (non-hydrogen) atoms. The normalized spacial score (nSPS) is 20.8. The van der Waals surface area contributed by atoms with E-state index >= 15 is 0 Å². The summed E-state index contributed by atoms with van der Waals surface area (Å²) in [5, 5.41) is 0. The van der Waals surface area contributed by atoms with Gasteiger partial charge in [0.25, 0.3) is 0 Å². The third-order valence-corrected chi connectivity index (χ3v) is 7.55. The van der Waals surface area contributed by atoms with E-state index in [4.69, 9.17) is 4.74 Å². The van der Waals surface area contributed by atoms with Gasteiger partial charge in [-0.25, -0.2) is 8.42 Å². The number of alkyl halides is 3. The fourth-order valence-electron chi connectivity index (χ4n) is 3.86. The summed E-state index contributed by atoms with van der Waals surface area (Å²) < 4.78 is 71.7. The highest BCUT2D eigenvalue weighted by atomic mass is 32.2. The number of hydrogen-bond donors (Lipinski definition) is 0. The van der Waals surface area contributed by atoms with Gasteiger partial charge >= 0.3 is 6.18 Å². The van der Waals surface area contributed by atoms with E-state index in [1.165, 1.54) is 4.31 Å². The van der Waals surface area contributed by atoms with Crippen molar-refractivity contribution in [2.75, 3.05) is 33.8 Å². The third-order valence-electron chi connectivity index (χ3n) is 5.50. The minimum absolute atomic E-state index is 0.100. The van der Waals surface area contributed by atoms with Gasteiger partial charge in [0.2, 0.25) is 10.0 Å². The van der Waals surface area contributed by atoms with Gasteiger partial charge in [-0.1, -0.05) is 6.92 Å². The van der Waals surface area contributed by atoms with E-state index in [2.05, 4.69) is 4.90 Å². The number of ether oxygens (including phenoxy) is 1. The van der Waals surface area contributed by atoms with E-state index in [0.717, 1.165) is 56.5 Å². The number of nitrogens with zero attached hydrogens (tertiary/aromatic N) is 2. The van der Waals surface area contributed by atoms with E-state index in [9.17, 15) is 21.6 Å². The minimum Gasteiger partial charge on any atom is -0.378 e. The van der Waals surface area contributed by atoms with Crippen molar-refractivity contribution in [3.63, 3.8) is 0 Å². The maximum absolute atomic E-state index is 13.0. The largest absolute Gasteiger partial charge is 0.416 e. The first-order chi connectivity index (χ1) is 14.1. The lowest BCUT2D eigenvalue weighted by atomic mass is 9.93. The summed E-state index contributed by atoms with van der Waals surface area (Å²) >= 11 is 0. The first-order valence-electron chi connectivity index (χ1n) is 10.5. The number of sulfonamides is 1. The van der Waals surface area contributed by atoms with Gasteiger partial charge in [0.05, 0.1) is 16.6 Å². The standard InChI is InChI=1S/C21H33F3N2O3S/c1-4-26(30(27,28)20-13-7-17(8-14-20)21(22,23)24)18-9-11-19(12-10-18)29-16-6-5-15-25(2)3/h7-8,13-14,18-19H,4-6,9-12,15-16H2,1-3H3/t18-,19-. The SMILES string of the molecule is CCN([C@H]1CC[C@H](OCCCCN(C)C)CC1)S(=O)(=O)c1ccc(C(F)(F)F)cc1. The highest BCUT2D eigenvalue weighted by Crippen LogP contribution is 2.32. The minimum atomic E-state index is -4.49. The molecule has 2 rings (SSSR count). The highest BCUT2D eigenvalue weighted by Gasteiger charge is 2.35. The Balaban J connectivity index is 1.91. The van der Waals surface area contributed by atoms with Gasteiger partial charge in [-0.2, -0.15) is 17.5 Å². The zero-order chi connectivity index (χ0) is 22.4. The van der Waals surface area contributed by atoms with Crippen molar-refractivity contribution in [2.24, 2.45) is 0 Å². The summed E-state index contributed by atoms with van der Waals surface area (Å²) in [7, 11) is 0.242. The molecule has 0 aliphatic heterocycles. The molecule has 5 nitrogen and oxygen atoms in total. The van der Waals surface area contributed by atoms with E-state index in [0.29, 0.717) is 19.4 Å². The average molecular weight is 451 g/mol. The first kappa shape index (κ1) is 25.1. The molecule has 9 heteroatoms. The van der Waals surface area contributed by atoms with Crippen LogP contribution in [-0.2, 0) is 20.9 Å². The monoisotopic (exact) mass is 450 g/mol. The Kier molecular flexibility index (Phi) is 9.14. The van der Waals surface area contributed by atoms with E-state index in [-0.39, 0.29) is 23.6 Å². The average Bonchev–Trinajstić information content (AvgIpc) is 2.68. The second-order valence-corrected chi connectivity index (χ2v) is 9.93. The molecular weight excluding hydrogens is 417 g/mol. The van der Waals surface area contributed by atoms with E-state index < -0.39 is 21.8 Å². The molecule has 1 aromatic rings. The predicted octanol–water partition coefficient (Wildman–Crippen LogP) is 4.39. The Hall–Kier alpha value is -1.16. The Morgan fingerprint density at radius 2 is 1.63 bits per heavy atom. The maximum atomic E-state index is 13.0. The lowest BCUT2D eigenvalue weighted by Gasteiger charge is -2.35. The molecule has 0 N–H and O–H groups in total. The number of halogens is 3. The lowest BCUT2D eigenvalue weighted by molar-refractivity contribution is -0.137. The van der Waals surface area contributed by atoms with Crippen molar-refractivity contribution in [2.45, 2.75) is 68.7 Å². The Morgan fingerprint density at radius 3 is 2.13 bits per heavy atom. The van der Waals surface area contributed by atoms with E-state index in [1.54, 1.807) is 6.92 Å². The van der Waals surface area contributed by atoms with Crippen molar-refractivity contribution in [3.8, 4) is 0 Å². The lowest BCUT2D eigenvalue weighted by Crippen LogP contribution is -2.43. The molecule has 0 saturated heterocycles. The summed E-state index contributed by atoms with van der Waals surface area (Å²) in [6.45, 7) is 3.78. The van der Waals surface area contributed by atoms with Crippen LogP contribution in [0.3, 0.4) is 0 Å². The molecule has 0 radical (unpaired) electrons. The molecule has 1 aliphatic carbocycles. The van der Waals surface area contributed by atoms with Crippen LogP contribution in [0.1, 0.15) is 51.0 Å². The molecule has 1 fully saturated rings. The van der Waals surface area contributed by atoms with Gasteiger partial charge in [-0.3, -0.25) is 0 Å². The molecule has 172 valence electrons. The van der Waals surface area contributed by atoms with Crippen LogP contribution in [0.5, 0.6) is 0 Å². The molecule has 0 unspecified atom stereocenters. The summed E-state index contributed by atoms with van der Waals surface area (Å²) in [6, 6.07) is 3.58. The van der Waals surface area contributed by atoms with Gasteiger partial charge in [-0.15, -0.1) is 0 Å². The molecule has 1 aliphatic rings. The van der Waals surface area contributed by atoms with Crippen LogP contribution < -0.4 is 0 Å². The molecule has 0 bridgehead atoms. The van der Waals surface area contributed by atoms with Crippen LogP contribution >= 0.6 is 0 Å². The van der Waals surface area contributed by atoms with Gasteiger partial charge in [0.15, 0.2) is 0 Å². The van der Waals surface area contributed by atoms with Crippen LogP contribution in [0.4, 0.5) is 13.2 Å². The number of unbranched alkanes of at least 4 members (excludes halogenated alkanes) is 1. The van der Waals surface area contributed by atoms with Gasteiger partial charge in [0.1, 0.15) is 0 Å². The smallest absolute Gasteiger partial charge is 0.378 e. The molecule has 0 amide bonds. The summed E-state index contributed by atoms with van der Waals surface area (Å²) in [5.74, 6) is 0. The van der Waals surface area contributed by atoms with Crippen molar-refractivity contribution in [1.29, 1.82) is 0 Å². The second kappa shape index (κ2) is 10.9. The van der Waals surface area contributed by atoms with Crippen molar-refractivity contribution in [3.05, 3.63) is 29.8 Å². The van der Waals surface area contributed by atoms with Crippen LogP contribution in [0, 0.1) is 0 Å². The molecule has 1 aromatic carbocycles. The fourth-order valence-corrected chi connectivity index (χ4v) is 5.55. The summed E-state index contributed by atoms with van der Waals surface area (Å²) in [6.07, 6.45) is 0.699. The van der Waals surface area contributed by atoms with E-state index in [1.807, 2.05) is 14.1 Å². The summed E-state index contributed by atoms with van der Waals surface area (Å²) in [4.78, 5) is 2.04. The molecule has 0 aromatic heterocycles. The number of benzene rings is 1. The second-order valence-electron chi connectivity index (χ2n) is 8.04. The van der Waals surface area contributed by atoms with Crippen molar-refractivity contribution < 1.29 is 26.3 Å². The Labute approximate surface area is 178 Å². The predicted molar refractivity (Wildman–Crippen MR) is 111 cm³/mol. The molecule has 0 spiro atoms. The Bertz CT molecular complexity index is 744. The first-order valence-corrected chi connectivity index (χ1v) is 11.9. The number of hydrogen-bond acceptors (Lipinski definition) is 4. The zero-order valence-corrected chi connectivity index (χ0v) is 18.8. The fraction of sp³-hybridized carbons (Fsp3) is 0.714. The summed E-state index contributed by atoms with van der Waals surface area (Å²) in [5.41, 5.74) is -0.854. The van der Waals surface area contributed by atoms with Crippen molar-refractivity contribution >= 4 is 10.0 Å². The van der Waals surface area contributed by atoms with Crippen LogP contribution in [0.15, 0.2) is 29.2 Å². The topological polar surface area (TPSA) is 49.9 Å². The van der Waals surface area contributed by atoms with Gasteiger partial charge in [-0.05, 0) is 83.4 Å². The zero-order valence-electron chi connectivity index (χ0n) is 18.0. The molecular formula is C21H33F3N2O3S. The van der Waals surface area contributed by atoms with Crippen LogP contribution in [0.2, 0.25) is 0 Å². The molecule has 0 atom stereocenters. The Morgan fingerprint density at radius 1 is 1.03 bits per heavy atom. The quantitative estimate of drug-likeness (QED) is 0.496. The molecule has 0 heterocycles. The maximum Gasteiger partial charge on any atom is 0.416 e. The van der Waals surface area contributed by atoms with Gasteiger partial charge < -0.3 is 9.64 Å². The van der Waals surface area contributed by atoms with Crippen LogP contribution in [-0.4, -0.2) is 63.6 Å². The molecule has 1 saturated carbocycles. The van der Waals surface area contributed by atoms with Gasteiger partial charge in [0, 0.05) is 19.2 Å². The van der Waals surface area contributed by atoms with Crippen molar-refractivity contribution in [1.82, 2.24) is 9.21 Å². The van der Waals surface area contributed by atoms with Crippen LogP contribution in [0.25, 0.3) is 0 Å². The third kappa shape index (κ3) is 6.93.